The predicted octanol–water partition coefficient (Wildman–Crippen LogP) is 3.83. The molecule has 1 aliphatic heterocycles. The standard InChI is InChI=1S/C20H23NO2S/c1-15(2)24(23)19-10-8-17(9-11-19)20(22)21-13-12-18(14-21)16-6-4-3-5-7-16/h3-11,15,18H,12-14H2,1-2H3/t18-,24-/m1/s1. The van der Waals surface area contributed by atoms with E-state index in [-0.39, 0.29) is 11.2 Å². The summed E-state index contributed by atoms with van der Waals surface area (Å²) >= 11 is 0. The molecule has 0 bridgehead atoms. The van der Waals surface area contributed by atoms with E-state index in [9.17, 15) is 9.00 Å². The molecule has 1 fully saturated rings. The van der Waals surface area contributed by atoms with Gasteiger partial charge < -0.3 is 4.90 Å². The van der Waals surface area contributed by atoms with E-state index in [1.807, 2.05) is 49.1 Å². The summed E-state index contributed by atoms with van der Waals surface area (Å²) in [4.78, 5) is 15.4. The van der Waals surface area contributed by atoms with Gasteiger partial charge in [-0.3, -0.25) is 9.00 Å². The minimum Gasteiger partial charge on any atom is -0.338 e. The summed E-state index contributed by atoms with van der Waals surface area (Å²) in [5.41, 5.74) is 1.98. The Kier molecular flexibility index (Phi) is 5.14. The first kappa shape index (κ1) is 16.9. The third-order valence-corrected chi connectivity index (χ3v) is 6.10. The molecule has 3 nitrogen and oxygen atoms in total. The van der Waals surface area contributed by atoms with Gasteiger partial charge in [-0.15, -0.1) is 0 Å². The van der Waals surface area contributed by atoms with E-state index in [1.165, 1.54) is 5.56 Å². The maximum absolute atomic E-state index is 12.7. The van der Waals surface area contributed by atoms with E-state index >= 15 is 0 Å². The van der Waals surface area contributed by atoms with Crippen LogP contribution in [0.25, 0.3) is 0 Å². The maximum Gasteiger partial charge on any atom is 0.253 e. The van der Waals surface area contributed by atoms with E-state index in [0.717, 1.165) is 24.4 Å². The van der Waals surface area contributed by atoms with Crippen LogP contribution in [0, 0.1) is 0 Å². The second kappa shape index (κ2) is 7.31. The van der Waals surface area contributed by atoms with Crippen molar-refractivity contribution in [3.8, 4) is 0 Å². The number of rotatable bonds is 4. The Morgan fingerprint density at radius 2 is 1.75 bits per heavy atom. The average Bonchev–Trinajstić information content (AvgIpc) is 3.11. The number of amides is 1. The highest BCUT2D eigenvalue weighted by Gasteiger charge is 2.27. The Morgan fingerprint density at radius 3 is 2.38 bits per heavy atom. The van der Waals surface area contributed by atoms with Gasteiger partial charge in [0.1, 0.15) is 0 Å². The summed E-state index contributed by atoms with van der Waals surface area (Å²) < 4.78 is 12.1. The molecule has 0 radical (unpaired) electrons. The zero-order chi connectivity index (χ0) is 17.1. The predicted molar refractivity (Wildman–Crippen MR) is 97.7 cm³/mol. The van der Waals surface area contributed by atoms with Crippen LogP contribution in [0.3, 0.4) is 0 Å². The number of hydrogen-bond donors (Lipinski definition) is 0. The van der Waals surface area contributed by atoms with Crippen LogP contribution in [0.2, 0.25) is 0 Å². The zero-order valence-electron chi connectivity index (χ0n) is 14.1. The average molecular weight is 341 g/mol. The van der Waals surface area contributed by atoms with E-state index < -0.39 is 10.8 Å². The van der Waals surface area contributed by atoms with Crippen LogP contribution in [-0.2, 0) is 10.8 Å². The molecule has 2 atom stereocenters. The highest BCUT2D eigenvalue weighted by atomic mass is 32.2. The monoisotopic (exact) mass is 341 g/mol. The van der Waals surface area contributed by atoms with Gasteiger partial charge in [0.05, 0.1) is 10.8 Å². The first-order valence-electron chi connectivity index (χ1n) is 8.41. The second-order valence-corrected chi connectivity index (χ2v) is 8.53. The zero-order valence-corrected chi connectivity index (χ0v) is 15.0. The van der Waals surface area contributed by atoms with Gasteiger partial charge in [-0.25, -0.2) is 0 Å². The minimum absolute atomic E-state index is 0.0651. The molecular formula is C20H23NO2S. The molecule has 0 aromatic heterocycles. The quantitative estimate of drug-likeness (QED) is 0.847. The van der Waals surface area contributed by atoms with Gasteiger partial charge in [0.15, 0.2) is 0 Å². The molecular weight excluding hydrogens is 318 g/mol. The Labute approximate surface area is 146 Å². The lowest BCUT2D eigenvalue weighted by Crippen LogP contribution is -2.28. The van der Waals surface area contributed by atoms with E-state index in [1.54, 1.807) is 12.1 Å². The van der Waals surface area contributed by atoms with Gasteiger partial charge in [0.2, 0.25) is 0 Å². The fourth-order valence-corrected chi connectivity index (χ4v) is 4.08. The SMILES string of the molecule is CC(C)[S@@](=O)c1ccc(C(=O)N2CC[C@@H](c3ccccc3)C2)cc1. The molecule has 3 rings (SSSR count). The molecule has 0 spiro atoms. The van der Waals surface area contributed by atoms with Crippen LogP contribution < -0.4 is 0 Å². The second-order valence-electron chi connectivity index (χ2n) is 6.52. The normalized spacial score (nSPS) is 18.8. The van der Waals surface area contributed by atoms with Crippen molar-refractivity contribution in [3.05, 3.63) is 65.7 Å². The lowest BCUT2D eigenvalue weighted by molar-refractivity contribution is 0.0790. The highest BCUT2D eigenvalue weighted by molar-refractivity contribution is 7.85. The molecule has 4 heteroatoms. The Bertz CT molecular complexity index is 725. The third-order valence-electron chi connectivity index (χ3n) is 4.51. The largest absolute Gasteiger partial charge is 0.338 e. The molecule has 126 valence electrons. The first-order valence-corrected chi connectivity index (χ1v) is 9.62. The van der Waals surface area contributed by atoms with Crippen molar-refractivity contribution in [2.24, 2.45) is 0 Å². The minimum atomic E-state index is -1.01. The van der Waals surface area contributed by atoms with Crippen LogP contribution in [-0.4, -0.2) is 33.4 Å². The molecule has 0 N–H and O–H groups in total. The molecule has 0 unspecified atom stereocenters. The molecule has 24 heavy (non-hydrogen) atoms. The van der Waals surface area contributed by atoms with Crippen molar-refractivity contribution in [1.82, 2.24) is 4.90 Å². The van der Waals surface area contributed by atoms with Crippen LogP contribution in [0.1, 0.15) is 42.1 Å². The molecule has 2 aromatic carbocycles. The van der Waals surface area contributed by atoms with Crippen LogP contribution in [0.4, 0.5) is 0 Å². The van der Waals surface area contributed by atoms with Gasteiger partial charge in [0, 0.05) is 34.7 Å². The van der Waals surface area contributed by atoms with Crippen molar-refractivity contribution < 1.29 is 9.00 Å². The highest BCUT2D eigenvalue weighted by Crippen LogP contribution is 2.28. The Morgan fingerprint density at radius 1 is 1.08 bits per heavy atom. The summed E-state index contributed by atoms with van der Waals surface area (Å²) in [5.74, 6) is 0.484. The van der Waals surface area contributed by atoms with Crippen molar-refractivity contribution in [1.29, 1.82) is 0 Å². The van der Waals surface area contributed by atoms with Crippen LogP contribution in [0.15, 0.2) is 59.5 Å². The number of benzene rings is 2. The molecule has 1 amide bonds. The summed E-state index contributed by atoms with van der Waals surface area (Å²) in [6, 6.07) is 17.6. The van der Waals surface area contributed by atoms with Crippen molar-refractivity contribution in [3.63, 3.8) is 0 Å². The molecule has 0 aliphatic carbocycles. The number of hydrogen-bond acceptors (Lipinski definition) is 2. The topological polar surface area (TPSA) is 37.4 Å². The van der Waals surface area contributed by atoms with Gasteiger partial charge >= 0.3 is 0 Å². The molecule has 1 heterocycles. The smallest absolute Gasteiger partial charge is 0.253 e. The summed E-state index contributed by atoms with van der Waals surface area (Å²) in [6.45, 7) is 5.42. The fraction of sp³-hybridized carbons (Fsp3) is 0.350. The van der Waals surface area contributed by atoms with E-state index in [4.69, 9.17) is 0 Å². The van der Waals surface area contributed by atoms with Crippen molar-refractivity contribution in [2.45, 2.75) is 36.3 Å². The van der Waals surface area contributed by atoms with E-state index in [0.29, 0.717) is 11.5 Å². The molecule has 0 saturated carbocycles. The van der Waals surface area contributed by atoms with Gasteiger partial charge in [-0.1, -0.05) is 44.2 Å². The number of carbonyl (C=O) groups excluding carboxylic acids is 1. The number of carbonyl (C=O) groups is 1. The Balaban J connectivity index is 1.68. The fourth-order valence-electron chi connectivity index (χ4n) is 3.13. The molecule has 1 aliphatic rings. The van der Waals surface area contributed by atoms with E-state index in [2.05, 4.69) is 12.1 Å². The summed E-state index contributed by atoms with van der Waals surface area (Å²) in [7, 11) is -1.01. The molecule has 1 saturated heterocycles. The van der Waals surface area contributed by atoms with Crippen molar-refractivity contribution >= 4 is 16.7 Å². The van der Waals surface area contributed by atoms with Gasteiger partial charge in [-0.2, -0.15) is 0 Å². The first-order chi connectivity index (χ1) is 11.6. The Hall–Kier alpha value is -1.94. The summed E-state index contributed by atoms with van der Waals surface area (Å²) in [5, 5.41) is 0.0803. The van der Waals surface area contributed by atoms with Crippen molar-refractivity contribution in [2.75, 3.05) is 13.1 Å². The summed E-state index contributed by atoms with van der Waals surface area (Å²) in [6.07, 6.45) is 1.01. The number of likely N-dealkylation sites (tertiary alicyclic amines) is 1. The lowest BCUT2D eigenvalue weighted by Gasteiger charge is -2.17. The maximum atomic E-state index is 12.7. The number of nitrogens with zero attached hydrogens (tertiary/aromatic N) is 1. The van der Waals surface area contributed by atoms with Gasteiger partial charge in [0.25, 0.3) is 5.91 Å². The van der Waals surface area contributed by atoms with Crippen LogP contribution >= 0.6 is 0 Å². The lowest BCUT2D eigenvalue weighted by atomic mass is 9.99. The third kappa shape index (κ3) is 3.59. The molecule has 2 aromatic rings. The van der Waals surface area contributed by atoms with Gasteiger partial charge in [-0.05, 0) is 36.2 Å². The van der Waals surface area contributed by atoms with Crippen LogP contribution in [0.5, 0.6) is 0 Å².